The first-order valence-corrected chi connectivity index (χ1v) is 6.73. The molecule has 1 aromatic heterocycles. The van der Waals surface area contributed by atoms with Crippen LogP contribution in [0.2, 0.25) is 0 Å². The summed E-state index contributed by atoms with van der Waals surface area (Å²) in [7, 11) is 1.51. The largest absolute Gasteiger partial charge is 0.481 e. The summed E-state index contributed by atoms with van der Waals surface area (Å²) in [6, 6.07) is 14.2. The summed E-state index contributed by atoms with van der Waals surface area (Å²) in [6.45, 7) is 0. The van der Waals surface area contributed by atoms with Gasteiger partial charge in [-0.1, -0.05) is 24.3 Å². The lowest BCUT2D eigenvalue weighted by Gasteiger charge is -2.10. The number of hydrogen-bond acceptors (Lipinski definition) is 2. The molecule has 0 aliphatic heterocycles. The summed E-state index contributed by atoms with van der Waals surface area (Å²) in [5.74, 6) is -0.262. The summed E-state index contributed by atoms with van der Waals surface area (Å²) in [4.78, 5) is 4.24. The monoisotopic (exact) mass is 297 g/mol. The molecule has 0 radical (unpaired) electrons. The van der Waals surface area contributed by atoms with Crippen molar-refractivity contribution < 1.29 is 13.5 Å². The van der Waals surface area contributed by atoms with E-state index in [0.29, 0.717) is 22.6 Å². The van der Waals surface area contributed by atoms with E-state index in [1.54, 1.807) is 30.5 Å². The van der Waals surface area contributed by atoms with Gasteiger partial charge < -0.3 is 4.74 Å². The normalized spacial score (nSPS) is 10.5. The molecule has 3 rings (SSSR count). The molecule has 4 heteroatoms. The van der Waals surface area contributed by atoms with Gasteiger partial charge in [0.25, 0.3) is 0 Å². The molecule has 0 spiro atoms. The predicted molar refractivity (Wildman–Crippen MR) is 81.6 cm³/mol. The topological polar surface area (TPSA) is 22.1 Å². The molecule has 0 aliphatic carbocycles. The Morgan fingerprint density at radius 2 is 1.45 bits per heavy atom. The summed E-state index contributed by atoms with van der Waals surface area (Å²) in [5.41, 5.74) is 2.75. The molecule has 0 unspecified atom stereocenters. The van der Waals surface area contributed by atoms with Crippen LogP contribution in [-0.2, 0) is 0 Å². The van der Waals surface area contributed by atoms with Crippen LogP contribution in [0.1, 0.15) is 0 Å². The Balaban J connectivity index is 2.14. The Hall–Kier alpha value is -2.75. The van der Waals surface area contributed by atoms with Crippen LogP contribution < -0.4 is 4.74 Å². The number of aromatic nitrogens is 1. The predicted octanol–water partition coefficient (Wildman–Crippen LogP) is 4.70. The van der Waals surface area contributed by atoms with Crippen molar-refractivity contribution in [3.63, 3.8) is 0 Å². The Morgan fingerprint density at radius 3 is 2.09 bits per heavy atom. The Morgan fingerprint density at radius 1 is 0.818 bits per heavy atom. The highest BCUT2D eigenvalue weighted by Crippen LogP contribution is 2.32. The minimum absolute atomic E-state index is 0.319. The van der Waals surface area contributed by atoms with Crippen LogP contribution in [0.5, 0.6) is 5.88 Å². The fraction of sp³-hybridized carbons (Fsp3) is 0.0556. The summed E-state index contributed by atoms with van der Waals surface area (Å²) >= 11 is 0. The van der Waals surface area contributed by atoms with Gasteiger partial charge in [0.05, 0.1) is 7.11 Å². The van der Waals surface area contributed by atoms with Crippen molar-refractivity contribution in [3.05, 3.63) is 72.4 Å². The maximum atomic E-state index is 13.5. The molecule has 3 aromatic rings. The van der Waals surface area contributed by atoms with Crippen LogP contribution in [0.3, 0.4) is 0 Å². The van der Waals surface area contributed by atoms with Gasteiger partial charge in [0, 0.05) is 17.3 Å². The molecule has 0 atom stereocenters. The fourth-order valence-corrected chi connectivity index (χ4v) is 2.30. The van der Waals surface area contributed by atoms with E-state index in [0.717, 1.165) is 5.56 Å². The standard InChI is InChI=1S/C18H13F2NO/c1-22-18-17(13-5-3-7-16(20)9-13)10-14(11-21-18)12-4-2-6-15(19)8-12/h2-11H,1H3. The van der Waals surface area contributed by atoms with E-state index in [1.807, 2.05) is 6.07 Å². The van der Waals surface area contributed by atoms with Crippen molar-refractivity contribution in [2.45, 2.75) is 0 Å². The molecule has 22 heavy (non-hydrogen) atoms. The van der Waals surface area contributed by atoms with E-state index in [4.69, 9.17) is 4.74 Å². The summed E-state index contributed by atoms with van der Waals surface area (Å²) in [5, 5.41) is 0. The van der Waals surface area contributed by atoms with Gasteiger partial charge in [-0.3, -0.25) is 0 Å². The second-order valence-corrected chi connectivity index (χ2v) is 4.80. The quantitative estimate of drug-likeness (QED) is 0.699. The highest BCUT2D eigenvalue weighted by atomic mass is 19.1. The lowest BCUT2D eigenvalue weighted by molar-refractivity contribution is 0.400. The van der Waals surface area contributed by atoms with Crippen LogP contribution in [0.15, 0.2) is 60.8 Å². The maximum Gasteiger partial charge on any atom is 0.221 e. The Bertz CT molecular complexity index is 818. The highest BCUT2D eigenvalue weighted by molar-refractivity contribution is 5.75. The van der Waals surface area contributed by atoms with Crippen LogP contribution in [0, 0.1) is 11.6 Å². The molecule has 2 aromatic carbocycles. The zero-order valence-electron chi connectivity index (χ0n) is 11.9. The van der Waals surface area contributed by atoms with Gasteiger partial charge in [-0.25, -0.2) is 13.8 Å². The number of pyridine rings is 1. The zero-order valence-corrected chi connectivity index (χ0v) is 11.9. The number of rotatable bonds is 3. The molecule has 0 aliphatic rings. The molecule has 0 amide bonds. The molecule has 0 N–H and O–H groups in total. The zero-order chi connectivity index (χ0) is 15.5. The molecule has 0 bridgehead atoms. The Labute approximate surface area is 127 Å². The van der Waals surface area contributed by atoms with Gasteiger partial charge in [0.1, 0.15) is 11.6 Å². The molecule has 1 heterocycles. The van der Waals surface area contributed by atoms with Crippen molar-refractivity contribution in [3.8, 4) is 28.1 Å². The second kappa shape index (κ2) is 5.93. The third-order valence-corrected chi connectivity index (χ3v) is 3.34. The van der Waals surface area contributed by atoms with E-state index < -0.39 is 0 Å². The SMILES string of the molecule is COc1ncc(-c2cccc(F)c2)cc1-c1cccc(F)c1. The molecule has 110 valence electrons. The second-order valence-electron chi connectivity index (χ2n) is 4.80. The molecule has 0 saturated heterocycles. The van der Waals surface area contributed by atoms with Gasteiger partial charge in [0.15, 0.2) is 0 Å². The minimum Gasteiger partial charge on any atom is -0.481 e. The molecule has 0 fully saturated rings. The molecule has 2 nitrogen and oxygen atoms in total. The number of halogens is 2. The summed E-state index contributed by atoms with van der Waals surface area (Å²) in [6.07, 6.45) is 1.61. The van der Waals surface area contributed by atoms with E-state index in [2.05, 4.69) is 4.98 Å². The van der Waals surface area contributed by atoms with Gasteiger partial charge in [0.2, 0.25) is 5.88 Å². The van der Waals surface area contributed by atoms with E-state index in [9.17, 15) is 8.78 Å². The minimum atomic E-state index is -0.337. The van der Waals surface area contributed by atoms with Crippen molar-refractivity contribution in [2.75, 3.05) is 7.11 Å². The smallest absolute Gasteiger partial charge is 0.221 e. The van der Waals surface area contributed by atoms with Crippen molar-refractivity contribution in [1.82, 2.24) is 4.98 Å². The third kappa shape index (κ3) is 2.81. The average molecular weight is 297 g/mol. The van der Waals surface area contributed by atoms with Gasteiger partial charge in [-0.15, -0.1) is 0 Å². The first-order chi connectivity index (χ1) is 10.7. The molecule has 0 saturated carbocycles. The van der Waals surface area contributed by atoms with E-state index in [-0.39, 0.29) is 11.6 Å². The number of ether oxygens (including phenoxy) is 1. The van der Waals surface area contributed by atoms with Crippen LogP contribution in [0.4, 0.5) is 8.78 Å². The Kier molecular flexibility index (Phi) is 3.83. The molecular formula is C18H13F2NO. The van der Waals surface area contributed by atoms with Gasteiger partial charge in [-0.2, -0.15) is 0 Å². The first-order valence-electron chi connectivity index (χ1n) is 6.73. The number of hydrogen-bond donors (Lipinski definition) is 0. The van der Waals surface area contributed by atoms with Gasteiger partial charge in [-0.05, 0) is 41.5 Å². The van der Waals surface area contributed by atoms with Crippen LogP contribution in [0.25, 0.3) is 22.3 Å². The maximum absolute atomic E-state index is 13.5. The third-order valence-electron chi connectivity index (χ3n) is 3.34. The van der Waals surface area contributed by atoms with E-state index >= 15 is 0 Å². The lowest BCUT2D eigenvalue weighted by Crippen LogP contribution is -1.93. The first kappa shape index (κ1) is 14.2. The number of methoxy groups -OCH3 is 1. The average Bonchev–Trinajstić information content (AvgIpc) is 2.54. The summed E-state index contributed by atoms with van der Waals surface area (Å²) < 4.78 is 32.1. The van der Waals surface area contributed by atoms with Gasteiger partial charge >= 0.3 is 0 Å². The fourth-order valence-electron chi connectivity index (χ4n) is 2.30. The number of benzene rings is 2. The van der Waals surface area contributed by atoms with Crippen LogP contribution in [-0.4, -0.2) is 12.1 Å². The van der Waals surface area contributed by atoms with Crippen molar-refractivity contribution in [2.24, 2.45) is 0 Å². The number of nitrogens with zero attached hydrogens (tertiary/aromatic N) is 1. The van der Waals surface area contributed by atoms with Crippen LogP contribution >= 0.6 is 0 Å². The highest BCUT2D eigenvalue weighted by Gasteiger charge is 2.11. The van der Waals surface area contributed by atoms with Crippen molar-refractivity contribution in [1.29, 1.82) is 0 Å². The lowest BCUT2D eigenvalue weighted by atomic mass is 10.0. The molecular weight excluding hydrogens is 284 g/mol. The van der Waals surface area contributed by atoms with E-state index in [1.165, 1.54) is 31.4 Å². The van der Waals surface area contributed by atoms with Crippen molar-refractivity contribution >= 4 is 0 Å².